The van der Waals surface area contributed by atoms with Crippen molar-refractivity contribution in [2.45, 2.75) is 76.3 Å². The molecule has 1 aliphatic carbocycles. The molecular formula is C16H29BO2. The summed E-state index contributed by atoms with van der Waals surface area (Å²) in [6.45, 7) is 5.32. The molecule has 4 unspecified atom stereocenters. The first kappa shape index (κ1) is 15.4. The van der Waals surface area contributed by atoms with Gasteiger partial charge in [-0.3, -0.25) is 0 Å². The molecule has 2 radical (unpaired) electrons. The molecule has 2 nitrogen and oxygen atoms in total. The molecule has 2 aliphatic rings. The van der Waals surface area contributed by atoms with Crippen molar-refractivity contribution in [2.75, 3.05) is 13.7 Å². The Morgan fingerprint density at radius 2 is 2.16 bits per heavy atom. The van der Waals surface area contributed by atoms with Crippen molar-refractivity contribution in [1.29, 1.82) is 0 Å². The number of hydrogen-bond acceptors (Lipinski definition) is 2. The molecule has 1 saturated carbocycles. The van der Waals surface area contributed by atoms with Gasteiger partial charge < -0.3 is 9.47 Å². The standard InChI is InChI=1S/C16H29BO2/c1-4-6-13-14(7-5-8-15(13)18-3)16(11-19-16)10-9-12(2)17/h12-15H,4-11H2,1-3H3/t12-,13?,14?,15?,16?/m0/s1. The molecule has 0 N–H and O–H groups in total. The van der Waals surface area contributed by atoms with Gasteiger partial charge >= 0.3 is 0 Å². The second kappa shape index (κ2) is 6.63. The molecule has 3 heteroatoms. The largest absolute Gasteiger partial charge is 0.381 e. The molecule has 1 saturated heterocycles. The van der Waals surface area contributed by atoms with Gasteiger partial charge in [0.05, 0.1) is 26.2 Å². The first-order valence-electron chi connectivity index (χ1n) is 8.05. The van der Waals surface area contributed by atoms with Crippen LogP contribution in [-0.2, 0) is 9.47 Å². The Hall–Kier alpha value is -0.0151. The third-order valence-electron chi connectivity index (χ3n) is 5.14. The third-order valence-corrected chi connectivity index (χ3v) is 5.14. The van der Waals surface area contributed by atoms with Gasteiger partial charge in [-0.05, 0) is 37.5 Å². The maximum absolute atomic E-state index is 5.94. The summed E-state index contributed by atoms with van der Waals surface area (Å²) < 4.78 is 11.7. The fourth-order valence-electron chi connectivity index (χ4n) is 4.00. The smallest absolute Gasteiger partial charge is 0.0947 e. The fourth-order valence-corrected chi connectivity index (χ4v) is 4.00. The molecule has 2 fully saturated rings. The number of hydrogen-bond donors (Lipinski definition) is 0. The molecule has 0 aromatic heterocycles. The van der Waals surface area contributed by atoms with Crippen molar-refractivity contribution in [1.82, 2.24) is 0 Å². The van der Waals surface area contributed by atoms with Gasteiger partial charge in [0.25, 0.3) is 0 Å². The van der Waals surface area contributed by atoms with Crippen LogP contribution in [0.3, 0.4) is 0 Å². The average Bonchev–Trinajstić information content (AvgIpc) is 3.18. The van der Waals surface area contributed by atoms with Crippen LogP contribution in [0.15, 0.2) is 0 Å². The summed E-state index contributed by atoms with van der Waals surface area (Å²) in [6, 6.07) is 0. The Balaban J connectivity index is 2.02. The molecule has 0 aromatic carbocycles. The highest BCUT2D eigenvalue weighted by molar-refractivity contribution is 6.11. The maximum Gasteiger partial charge on any atom is 0.0947 e. The molecule has 5 atom stereocenters. The van der Waals surface area contributed by atoms with Crippen LogP contribution < -0.4 is 0 Å². The van der Waals surface area contributed by atoms with E-state index in [0.717, 1.165) is 19.4 Å². The van der Waals surface area contributed by atoms with Crippen molar-refractivity contribution in [3.8, 4) is 0 Å². The minimum Gasteiger partial charge on any atom is -0.381 e. The normalized spacial score (nSPS) is 40.1. The van der Waals surface area contributed by atoms with Crippen LogP contribution in [0.25, 0.3) is 0 Å². The molecule has 0 amide bonds. The summed E-state index contributed by atoms with van der Waals surface area (Å²) in [6.07, 6.45) is 8.97. The van der Waals surface area contributed by atoms with E-state index in [0.29, 0.717) is 17.9 Å². The zero-order chi connectivity index (χ0) is 13.9. The van der Waals surface area contributed by atoms with Crippen LogP contribution in [0.5, 0.6) is 0 Å². The molecule has 1 heterocycles. The summed E-state index contributed by atoms with van der Waals surface area (Å²) in [7, 11) is 7.80. The summed E-state index contributed by atoms with van der Waals surface area (Å²) in [5.74, 6) is 1.65. The van der Waals surface area contributed by atoms with Gasteiger partial charge in [-0.15, -0.1) is 0 Å². The second-order valence-electron chi connectivity index (χ2n) is 6.63. The first-order chi connectivity index (χ1) is 9.13. The Morgan fingerprint density at radius 3 is 2.68 bits per heavy atom. The summed E-state index contributed by atoms with van der Waals surface area (Å²) in [5, 5.41) is 0. The lowest BCUT2D eigenvalue weighted by molar-refractivity contribution is -0.0334. The number of ether oxygens (including phenoxy) is 2. The Labute approximate surface area is 120 Å². The van der Waals surface area contributed by atoms with Gasteiger partial charge in [-0.1, -0.05) is 38.9 Å². The van der Waals surface area contributed by atoms with E-state index < -0.39 is 0 Å². The van der Waals surface area contributed by atoms with E-state index in [2.05, 4.69) is 13.8 Å². The van der Waals surface area contributed by atoms with Crippen molar-refractivity contribution < 1.29 is 9.47 Å². The third kappa shape index (κ3) is 3.55. The highest BCUT2D eigenvalue weighted by Crippen LogP contribution is 2.51. The summed E-state index contributed by atoms with van der Waals surface area (Å²) >= 11 is 0. The van der Waals surface area contributed by atoms with Crippen molar-refractivity contribution in [3.63, 3.8) is 0 Å². The monoisotopic (exact) mass is 264 g/mol. The van der Waals surface area contributed by atoms with E-state index in [1.807, 2.05) is 7.11 Å². The van der Waals surface area contributed by atoms with Crippen LogP contribution in [0.2, 0.25) is 5.82 Å². The highest BCUT2D eigenvalue weighted by Gasteiger charge is 2.55. The Morgan fingerprint density at radius 1 is 1.42 bits per heavy atom. The molecule has 0 aromatic rings. The molecular weight excluding hydrogens is 235 g/mol. The quantitative estimate of drug-likeness (QED) is 0.516. The molecule has 1 aliphatic heterocycles. The van der Waals surface area contributed by atoms with Gasteiger partial charge in [-0.2, -0.15) is 0 Å². The van der Waals surface area contributed by atoms with E-state index in [4.69, 9.17) is 17.3 Å². The minimum absolute atomic E-state index is 0.144. The van der Waals surface area contributed by atoms with E-state index in [1.165, 1.54) is 32.1 Å². The van der Waals surface area contributed by atoms with Crippen LogP contribution in [0.4, 0.5) is 0 Å². The zero-order valence-electron chi connectivity index (χ0n) is 12.9. The van der Waals surface area contributed by atoms with E-state index in [9.17, 15) is 0 Å². The molecule has 2 rings (SSSR count). The highest BCUT2D eigenvalue weighted by atomic mass is 16.6. The van der Waals surface area contributed by atoms with Crippen LogP contribution >= 0.6 is 0 Å². The van der Waals surface area contributed by atoms with E-state index in [1.54, 1.807) is 0 Å². The Bertz CT molecular complexity index is 276. The lowest BCUT2D eigenvalue weighted by atomic mass is 9.67. The van der Waals surface area contributed by atoms with Crippen LogP contribution in [0, 0.1) is 11.8 Å². The van der Waals surface area contributed by atoms with Gasteiger partial charge in [-0.25, -0.2) is 0 Å². The maximum atomic E-state index is 5.94. The lowest BCUT2D eigenvalue weighted by Gasteiger charge is -2.40. The predicted molar refractivity (Wildman–Crippen MR) is 79.6 cm³/mol. The summed E-state index contributed by atoms with van der Waals surface area (Å²) in [5.41, 5.74) is 0.144. The van der Waals surface area contributed by atoms with E-state index >= 15 is 0 Å². The van der Waals surface area contributed by atoms with E-state index in [-0.39, 0.29) is 11.4 Å². The average molecular weight is 264 g/mol. The van der Waals surface area contributed by atoms with Crippen LogP contribution in [0.1, 0.15) is 58.8 Å². The molecule has 19 heavy (non-hydrogen) atoms. The second-order valence-corrected chi connectivity index (χ2v) is 6.63. The number of rotatable bonds is 7. The molecule has 108 valence electrons. The zero-order valence-corrected chi connectivity index (χ0v) is 12.9. The molecule has 0 bridgehead atoms. The van der Waals surface area contributed by atoms with Crippen molar-refractivity contribution >= 4 is 7.85 Å². The SMILES string of the molecule is [B][C@@H](C)CCC1(C2CCCC(OC)C2CCC)CO1. The fraction of sp³-hybridized carbons (Fsp3) is 1.00. The van der Waals surface area contributed by atoms with Crippen molar-refractivity contribution in [2.24, 2.45) is 11.8 Å². The lowest BCUT2D eigenvalue weighted by Crippen LogP contribution is -2.41. The van der Waals surface area contributed by atoms with Gasteiger partial charge in [0.1, 0.15) is 0 Å². The van der Waals surface area contributed by atoms with Gasteiger partial charge in [0.15, 0.2) is 0 Å². The number of epoxide rings is 1. The van der Waals surface area contributed by atoms with Gasteiger partial charge in [0.2, 0.25) is 0 Å². The molecule has 0 spiro atoms. The number of methoxy groups -OCH3 is 1. The predicted octanol–water partition coefficient (Wildman–Crippen LogP) is 3.74. The summed E-state index contributed by atoms with van der Waals surface area (Å²) in [4.78, 5) is 0. The van der Waals surface area contributed by atoms with Gasteiger partial charge in [0, 0.05) is 7.11 Å². The first-order valence-corrected chi connectivity index (χ1v) is 8.05. The topological polar surface area (TPSA) is 21.8 Å². The minimum atomic E-state index is 0.144. The Kier molecular flexibility index (Phi) is 5.36. The van der Waals surface area contributed by atoms with Crippen LogP contribution in [-0.4, -0.2) is 33.3 Å². The van der Waals surface area contributed by atoms with Crippen molar-refractivity contribution in [3.05, 3.63) is 0 Å².